The number of Topliss-reactive ketones (excluding diaryl/α,β-unsaturated/α-hetero) is 1. The average Bonchev–Trinajstić information content (AvgIpc) is 3.37. The van der Waals surface area contributed by atoms with E-state index >= 15 is 0 Å². The zero-order valence-corrected chi connectivity index (χ0v) is 25.5. The summed E-state index contributed by atoms with van der Waals surface area (Å²) in [4.78, 5) is 16.0. The Hall–Kier alpha value is -2.63. The maximum absolute atomic E-state index is 13.7. The minimum atomic E-state index is -0.594. The Morgan fingerprint density at radius 3 is 2.10 bits per heavy atom. The molecule has 1 heterocycles. The van der Waals surface area contributed by atoms with Crippen molar-refractivity contribution in [3.8, 4) is 11.5 Å². The fraction of sp³-hybridized carbons (Fsp3) is 0.559. The van der Waals surface area contributed by atoms with Crippen molar-refractivity contribution in [2.24, 2.45) is 5.73 Å². The summed E-state index contributed by atoms with van der Waals surface area (Å²) < 4.78 is 12.2. The lowest BCUT2D eigenvalue weighted by Gasteiger charge is -2.28. The van der Waals surface area contributed by atoms with Crippen LogP contribution in [0.3, 0.4) is 0 Å². The van der Waals surface area contributed by atoms with Crippen LogP contribution in [0.4, 0.5) is 0 Å². The normalized spacial score (nSPS) is 17.1. The number of likely N-dealkylation sites (tertiary alicyclic amines) is 1. The quantitative estimate of drug-likeness (QED) is 0.172. The molecule has 216 valence electrons. The molecule has 0 radical (unpaired) electrons. The van der Waals surface area contributed by atoms with Gasteiger partial charge in [0.05, 0.1) is 11.6 Å². The second-order valence-electron chi connectivity index (χ2n) is 11.2. The summed E-state index contributed by atoms with van der Waals surface area (Å²) in [5.74, 6) is 1.13. The standard InChI is InChI=1S/C34H52N2O3/c1-8-36-21-11-16-31(36)33(35)34(37)30-24-29(38-22-19-27(6)14-9-12-25(2)3)17-18-32(30)39-23-20-28(7)15-10-13-26(4)5/h12-13,17-20,24,31,33H,8-11,14-16,21-23,35H2,1-7H3/b27-19+,28-20+. The van der Waals surface area contributed by atoms with Gasteiger partial charge in [0.1, 0.15) is 24.7 Å². The van der Waals surface area contributed by atoms with Gasteiger partial charge in [0, 0.05) is 6.04 Å². The third-order valence-corrected chi connectivity index (χ3v) is 7.29. The highest BCUT2D eigenvalue weighted by Gasteiger charge is 2.34. The SMILES string of the molecule is CCN1CCCC1C(N)C(=O)c1cc(OC/C=C(\C)CCC=C(C)C)ccc1OC/C=C(\C)CCC=C(C)C. The lowest BCUT2D eigenvalue weighted by Crippen LogP contribution is -2.48. The van der Waals surface area contributed by atoms with E-state index in [9.17, 15) is 4.79 Å². The highest BCUT2D eigenvalue weighted by molar-refractivity contribution is 6.03. The summed E-state index contributed by atoms with van der Waals surface area (Å²) in [6, 6.07) is 5.00. The fourth-order valence-corrected chi connectivity index (χ4v) is 4.86. The van der Waals surface area contributed by atoms with Crippen molar-refractivity contribution in [1.82, 2.24) is 4.90 Å². The molecule has 2 unspecified atom stereocenters. The third-order valence-electron chi connectivity index (χ3n) is 7.29. The fourth-order valence-electron chi connectivity index (χ4n) is 4.86. The molecule has 0 spiro atoms. The average molecular weight is 537 g/mol. The molecule has 0 aliphatic carbocycles. The molecule has 0 amide bonds. The number of hydrogen-bond donors (Lipinski definition) is 1. The number of rotatable bonds is 16. The van der Waals surface area contributed by atoms with Crippen molar-refractivity contribution in [3.05, 3.63) is 70.4 Å². The molecule has 2 N–H and O–H groups in total. The van der Waals surface area contributed by atoms with Gasteiger partial charge in [0.2, 0.25) is 0 Å². The van der Waals surface area contributed by atoms with Crippen LogP contribution < -0.4 is 15.2 Å². The highest BCUT2D eigenvalue weighted by Crippen LogP contribution is 2.29. The molecular formula is C34H52N2O3. The monoisotopic (exact) mass is 536 g/mol. The smallest absolute Gasteiger partial charge is 0.184 e. The summed E-state index contributed by atoms with van der Waals surface area (Å²) in [6.07, 6.45) is 14.8. The Bertz CT molecular complexity index is 1040. The number of hydrogen-bond acceptors (Lipinski definition) is 5. The minimum absolute atomic E-state index is 0.0588. The minimum Gasteiger partial charge on any atom is -0.490 e. The van der Waals surface area contributed by atoms with Crippen molar-refractivity contribution < 1.29 is 14.3 Å². The third kappa shape index (κ3) is 11.6. The maximum atomic E-state index is 13.7. The molecule has 1 saturated heterocycles. The highest BCUT2D eigenvalue weighted by atomic mass is 16.5. The Kier molecular flexibility index (Phi) is 14.3. The number of likely N-dealkylation sites (N-methyl/N-ethyl adjacent to an activating group) is 1. The maximum Gasteiger partial charge on any atom is 0.184 e. The number of allylic oxidation sites excluding steroid dienone is 6. The molecule has 0 saturated carbocycles. The lowest BCUT2D eigenvalue weighted by molar-refractivity contribution is 0.0904. The van der Waals surface area contributed by atoms with E-state index in [-0.39, 0.29) is 11.8 Å². The van der Waals surface area contributed by atoms with E-state index in [1.54, 1.807) is 6.07 Å². The molecule has 0 aromatic heterocycles. The first-order valence-electron chi connectivity index (χ1n) is 14.6. The summed E-state index contributed by atoms with van der Waals surface area (Å²) >= 11 is 0. The van der Waals surface area contributed by atoms with Gasteiger partial charge in [0.25, 0.3) is 0 Å². The van der Waals surface area contributed by atoms with E-state index in [0.717, 1.165) is 51.6 Å². The molecule has 0 bridgehead atoms. The van der Waals surface area contributed by atoms with E-state index in [4.69, 9.17) is 15.2 Å². The van der Waals surface area contributed by atoms with E-state index < -0.39 is 6.04 Å². The van der Waals surface area contributed by atoms with Gasteiger partial charge in [-0.15, -0.1) is 0 Å². The lowest BCUT2D eigenvalue weighted by atomic mass is 9.96. The van der Waals surface area contributed by atoms with Crippen LogP contribution in [0.1, 0.15) is 97.3 Å². The van der Waals surface area contributed by atoms with Gasteiger partial charge in [-0.3, -0.25) is 9.69 Å². The molecule has 5 nitrogen and oxygen atoms in total. The number of ketones is 1. The van der Waals surface area contributed by atoms with Crippen molar-refractivity contribution in [3.63, 3.8) is 0 Å². The Morgan fingerprint density at radius 2 is 1.54 bits per heavy atom. The van der Waals surface area contributed by atoms with Crippen LogP contribution in [-0.2, 0) is 0 Å². The Balaban J connectivity index is 2.16. The number of nitrogens with two attached hydrogens (primary N) is 1. The van der Waals surface area contributed by atoms with Crippen LogP contribution in [0, 0.1) is 0 Å². The van der Waals surface area contributed by atoms with Crippen LogP contribution in [0.25, 0.3) is 0 Å². The number of carbonyl (C=O) groups excluding carboxylic acids is 1. The van der Waals surface area contributed by atoms with Gasteiger partial charge in [0.15, 0.2) is 5.78 Å². The number of benzene rings is 1. The molecular weight excluding hydrogens is 484 g/mol. The van der Waals surface area contributed by atoms with Crippen molar-refractivity contribution in [2.45, 2.75) is 99.1 Å². The van der Waals surface area contributed by atoms with Crippen LogP contribution in [-0.4, -0.2) is 49.1 Å². The number of ether oxygens (including phenoxy) is 2. The Labute approximate surface area is 237 Å². The molecule has 2 atom stereocenters. The molecule has 5 heteroatoms. The van der Waals surface area contributed by atoms with E-state index in [1.165, 1.54) is 22.3 Å². The first kappa shape index (κ1) is 32.6. The van der Waals surface area contributed by atoms with E-state index in [2.05, 4.69) is 77.7 Å². The molecule has 39 heavy (non-hydrogen) atoms. The van der Waals surface area contributed by atoms with Gasteiger partial charge in [-0.05, 0) is 124 Å². The van der Waals surface area contributed by atoms with Gasteiger partial charge in [-0.25, -0.2) is 0 Å². The van der Waals surface area contributed by atoms with Crippen LogP contribution in [0.15, 0.2) is 64.8 Å². The largest absolute Gasteiger partial charge is 0.490 e. The zero-order chi connectivity index (χ0) is 28.8. The van der Waals surface area contributed by atoms with Crippen molar-refractivity contribution >= 4 is 5.78 Å². The molecule has 1 aromatic rings. The first-order chi connectivity index (χ1) is 18.6. The van der Waals surface area contributed by atoms with Gasteiger partial charge in [-0.2, -0.15) is 0 Å². The molecule has 1 aliphatic rings. The van der Waals surface area contributed by atoms with Crippen molar-refractivity contribution in [1.29, 1.82) is 0 Å². The predicted octanol–water partition coefficient (Wildman–Crippen LogP) is 7.82. The molecule has 2 rings (SSSR count). The van der Waals surface area contributed by atoms with Crippen LogP contribution in [0.2, 0.25) is 0 Å². The topological polar surface area (TPSA) is 64.8 Å². The van der Waals surface area contributed by atoms with E-state index in [1.807, 2.05) is 12.1 Å². The van der Waals surface area contributed by atoms with Crippen LogP contribution >= 0.6 is 0 Å². The van der Waals surface area contributed by atoms with E-state index in [0.29, 0.717) is 30.3 Å². The number of nitrogens with zero attached hydrogens (tertiary/aromatic N) is 1. The zero-order valence-electron chi connectivity index (χ0n) is 25.5. The van der Waals surface area contributed by atoms with Gasteiger partial charge >= 0.3 is 0 Å². The first-order valence-corrected chi connectivity index (χ1v) is 14.6. The second kappa shape index (κ2) is 17.1. The summed E-state index contributed by atoms with van der Waals surface area (Å²) in [7, 11) is 0. The van der Waals surface area contributed by atoms with Crippen LogP contribution in [0.5, 0.6) is 11.5 Å². The van der Waals surface area contributed by atoms with Gasteiger partial charge in [-0.1, -0.05) is 41.4 Å². The molecule has 1 aliphatic heterocycles. The summed E-state index contributed by atoms with van der Waals surface area (Å²) in [5, 5.41) is 0. The molecule has 1 aromatic carbocycles. The number of carbonyl (C=O) groups is 1. The molecule has 1 fully saturated rings. The summed E-state index contributed by atoms with van der Waals surface area (Å²) in [6.45, 7) is 17.6. The Morgan fingerprint density at radius 1 is 0.949 bits per heavy atom. The predicted molar refractivity (Wildman–Crippen MR) is 165 cm³/mol. The van der Waals surface area contributed by atoms with Crippen molar-refractivity contribution in [2.75, 3.05) is 26.3 Å². The van der Waals surface area contributed by atoms with Gasteiger partial charge < -0.3 is 15.2 Å². The summed E-state index contributed by atoms with van der Waals surface area (Å²) in [5.41, 5.74) is 12.3. The second-order valence-corrected chi connectivity index (χ2v) is 11.2.